The number of piperidine rings is 1. The number of likely N-dealkylation sites (tertiary alicyclic amines) is 1. The zero-order valence-electron chi connectivity index (χ0n) is 17.2. The van der Waals surface area contributed by atoms with Crippen LogP contribution in [0.5, 0.6) is 0 Å². The zero-order valence-corrected chi connectivity index (χ0v) is 17.2. The minimum absolute atomic E-state index is 0.0523. The largest absolute Gasteiger partial charge is 0.323 e. The molecule has 3 aliphatic rings. The first-order chi connectivity index (χ1) is 14.0. The van der Waals surface area contributed by atoms with Gasteiger partial charge in [0, 0.05) is 31.7 Å². The van der Waals surface area contributed by atoms with Crippen molar-refractivity contribution in [2.45, 2.75) is 56.9 Å². The third kappa shape index (κ3) is 2.96. The minimum atomic E-state index is -0.718. The van der Waals surface area contributed by atoms with Crippen LogP contribution < -0.4 is 4.90 Å². The highest BCUT2D eigenvalue weighted by Crippen LogP contribution is 2.42. The van der Waals surface area contributed by atoms with Gasteiger partial charge in [0.05, 0.1) is 5.69 Å². The van der Waals surface area contributed by atoms with E-state index < -0.39 is 5.54 Å². The van der Waals surface area contributed by atoms with Crippen molar-refractivity contribution in [2.24, 2.45) is 7.05 Å². The predicted molar refractivity (Wildman–Crippen MR) is 111 cm³/mol. The molecule has 1 aromatic carbocycles. The molecule has 1 unspecified atom stereocenters. The van der Waals surface area contributed by atoms with Crippen molar-refractivity contribution in [3.63, 3.8) is 0 Å². The molecule has 2 amide bonds. The van der Waals surface area contributed by atoms with E-state index in [9.17, 15) is 9.59 Å². The van der Waals surface area contributed by atoms with Crippen LogP contribution in [0.4, 0.5) is 5.69 Å². The smallest absolute Gasteiger partial charge is 0.273 e. The first kappa shape index (κ1) is 18.4. The van der Waals surface area contributed by atoms with Gasteiger partial charge in [-0.2, -0.15) is 5.10 Å². The van der Waals surface area contributed by atoms with Crippen molar-refractivity contribution in [2.75, 3.05) is 18.0 Å². The van der Waals surface area contributed by atoms with Gasteiger partial charge in [0.15, 0.2) is 0 Å². The molecule has 152 valence electrons. The minimum Gasteiger partial charge on any atom is -0.323 e. The maximum atomic E-state index is 13.7. The Morgan fingerprint density at radius 3 is 2.48 bits per heavy atom. The second-order valence-electron chi connectivity index (χ2n) is 8.84. The van der Waals surface area contributed by atoms with Crippen molar-refractivity contribution in [1.29, 1.82) is 0 Å². The second-order valence-corrected chi connectivity index (χ2v) is 8.84. The Morgan fingerprint density at radius 1 is 1.10 bits per heavy atom. The summed E-state index contributed by atoms with van der Waals surface area (Å²) < 4.78 is 1.70. The lowest BCUT2D eigenvalue weighted by molar-refractivity contribution is -0.130. The molecular weight excluding hydrogens is 364 g/mol. The molecule has 1 atom stereocenters. The maximum absolute atomic E-state index is 13.7. The van der Waals surface area contributed by atoms with Crippen molar-refractivity contribution < 1.29 is 9.59 Å². The number of carbonyl (C=O) groups is 2. The Morgan fingerprint density at radius 2 is 1.79 bits per heavy atom. The van der Waals surface area contributed by atoms with Crippen LogP contribution in [0.1, 0.15) is 66.2 Å². The SMILES string of the molecule is Cc1ccc(N2CCCC3(CCCN3C(=O)c3cc(C4CC4)nn3C)C2=O)cc1. The molecule has 1 aliphatic carbocycles. The molecular formula is C23H28N4O2. The zero-order chi connectivity index (χ0) is 20.2. The summed E-state index contributed by atoms with van der Waals surface area (Å²) in [4.78, 5) is 31.0. The first-order valence-corrected chi connectivity index (χ1v) is 10.7. The van der Waals surface area contributed by atoms with Gasteiger partial charge in [0.1, 0.15) is 11.2 Å². The summed E-state index contributed by atoms with van der Waals surface area (Å²) in [7, 11) is 1.84. The van der Waals surface area contributed by atoms with E-state index in [1.807, 2.05) is 54.1 Å². The molecule has 1 spiro atoms. The fourth-order valence-electron chi connectivity index (χ4n) is 5.02. The standard InChI is InChI=1S/C23H28N4O2/c1-16-5-9-18(10-6-16)26-13-3-11-23(22(26)29)12-4-14-27(23)21(28)20-15-19(17-7-8-17)24-25(20)2/h5-6,9-10,15,17H,3-4,7-8,11-14H2,1-2H3. The highest BCUT2D eigenvalue weighted by atomic mass is 16.2. The van der Waals surface area contributed by atoms with Crippen LogP contribution in [-0.4, -0.2) is 45.1 Å². The van der Waals surface area contributed by atoms with Crippen LogP contribution >= 0.6 is 0 Å². The van der Waals surface area contributed by atoms with Gasteiger partial charge >= 0.3 is 0 Å². The summed E-state index contributed by atoms with van der Waals surface area (Å²) in [6.45, 7) is 3.39. The van der Waals surface area contributed by atoms with Gasteiger partial charge in [-0.05, 0) is 63.6 Å². The van der Waals surface area contributed by atoms with Crippen LogP contribution in [0.2, 0.25) is 0 Å². The number of hydrogen-bond donors (Lipinski definition) is 0. The van der Waals surface area contributed by atoms with Crippen LogP contribution in [0.3, 0.4) is 0 Å². The summed E-state index contributed by atoms with van der Waals surface area (Å²) in [5.41, 5.74) is 3.00. The van der Waals surface area contributed by atoms with Crippen molar-refractivity contribution in [3.8, 4) is 0 Å². The molecule has 0 bridgehead atoms. The van der Waals surface area contributed by atoms with Crippen LogP contribution in [-0.2, 0) is 11.8 Å². The second kappa shape index (κ2) is 6.71. The van der Waals surface area contributed by atoms with E-state index >= 15 is 0 Å². The number of rotatable bonds is 3. The summed E-state index contributed by atoms with van der Waals surface area (Å²) in [6.07, 6.45) is 5.57. The number of aryl methyl sites for hydroxylation is 2. The Balaban J connectivity index is 1.46. The molecule has 0 radical (unpaired) electrons. The van der Waals surface area contributed by atoms with E-state index in [1.165, 1.54) is 5.56 Å². The average Bonchev–Trinajstić information content (AvgIpc) is 3.37. The Kier molecular flexibility index (Phi) is 4.26. The Bertz CT molecular complexity index is 960. The van der Waals surface area contributed by atoms with Gasteiger partial charge in [0.25, 0.3) is 11.8 Å². The molecule has 6 nitrogen and oxygen atoms in total. The third-order valence-electron chi connectivity index (χ3n) is 6.81. The van der Waals surface area contributed by atoms with Gasteiger partial charge in [-0.3, -0.25) is 14.3 Å². The number of aromatic nitrogens is 2. The summed E-state index contributed by atoms with van der Waals surface area (Å²) in [5.74, 6) is 0.523. The number of anilines is 1. The molecule has 2 saturated heterocycles. The van der Waals surface area contributed by atoms with Crippen LogP contribution in [0, 0.1) is 6.92 Å². The lowest BCUT2D eigenvalue weighted by Crippen LogP contribution is -2.61. The number of hydrogen-bond acceptors (Lipinski definition) is 3. The maximum Gasteiger partial charge on any atom is 0.273 e. The van der Waals surface area contributed by atoms with E-state index in [0.717, 1.165) is 49.9 Å². The van der Waals surface area contributed by atoms with Gasteiger partial charge in [-0.25, -0.2) is 0 Å². The van der Waals surface area contributed by atoms with Gasteiger partial charge < -0.3 is 9.80 Å². The molecule has 1 saturated carbocycles. The number of benzene rings is 1. The van der Waals surface area contributed by atoms with E-state index in [2.05, 4.69) is 5.10 Å². The first-order valence-electron chi connectivity index (χ1n) is 10.7. The number of nitrogens with zero attached hydrogens (tertiary/aromatic N) is 4. The van der Waals surface area contributed by atoms with Gasteiger partial charge in [-0.15, -0.1) is 0 Å². The van der Waals surface area contributed by atoms with E-state index in [4.69, 9.17) is 0 Å². The van der Waals surface area contributed by atoms with Gasteiger partial charge in [0.2, 0.25) is 0 Å². The summed E-state index contributed by atoms with van der Waals surface area (Å²) >= 11 is 0. The number of carbonyl (C=O) groups excluding carboxylic acids is 2. The average molecular weight is 393 g/mol. The van der Waals surface area contributed by atoms with Crippen LogP contribution in [0.25, 0.3) is 0 Å². The van der Waals surface area contributed by atoms with Crippen molar-refractivity contribution in [1.82, 2.24) is 14.7 Å². The molecule has 1 aromatic heterocycles. The lowest BCUT2D eigenvalue weighted by atomic mass is 9.84. The summed E-state index contributed by atoms with van der Waals surface area (Å²) in [6, 6.07) is 10.0. The predicted octanol–water partition coefficient (Wildman–Crippen LogP) is 3.41. The Labute approximate surface area is 171 Å². The fourth-order valence-corrected chi connectivity index (χ4v) is 5.02. The van der Waals surface area contributed by atoms with E-state index in [0.29, 0.717) is 24.7 Å². The van der Waals surface area contributed by atoms with Gasteiger partial charge in [-0.1, -0.05) is 17.7 Å². The number of amides is 2. The fraction of sp³-hybridized carbons (Fsp3) is 0.522. The molecule has 3 heterocycles. The molecule has 29 heavy (non-hydrogen) atoms. The molecule has 5 rings (SSSR count). The molecule has 2 aromatic rings. The Hall–Kier alpha value is -2.63. The van der Waals surface area contributed by atoms with Crippen molar-refractivity contribution in [3.05, 3.63) is 47.3 Å². The summed E-state index contributed by atoms with van der Waals surface area (Å²) in [5, 5.41) is 4.56. The van der Waals surface area contributed by atoms with E-state index in [1.54, 1.807) is 4.68 Å². The van der Waals surface area contributed by atoms with E-state index in [-0.39, 0.29) is 11.8 Å². The normalized spacial score (nSPS) is 24.6. The van der Waals surface area contributed by atoms with Crippen LogP contribution in [0.15, 0.2) is 30.3 Å². The monoisotopic (exact) mass is 392 g/mol. The highest BCUT2D eigenvalue weighted by Gasteiger charge is 2.53. The molecule has 3 fully saturated rings. The molecule has 6 heteroatoms. The lowest BCUT2D eigenvalue weighted by Gasteiger charge is -2.44. The van der Waals surface area contributed by atoms with Crippen molar-refractivity contribution >= 4 is 17.5 Å². The third-order valence-corrected chi connectivity index (χ3v) is 6.81. The molecule has 2 aliphatic heterocycles. The topological polar surface area (TPSA) is 58.4 Å². The molecule has 0 N–H and O–H groups in total. The quantitative estimate of drug-likeness (QED) is 0.804. The highest BCUT2D eigenvalue weighted by molar-refractivity contribution is 6.05.